The highest BCUT2D eigenvalue weighted by Crippen LogP contribution is 2.31. The number of aromatic amines is 1. The fourth-order valence-corrected chi connectivity index (χ4v) is 3.98. The predicted molar refractivity (Wildman–Crippen MR) is 125 cm³/mol. The highest BCUT2D eigenvalue weighted by atomic mass is 16.5. The van der Waals surface area contributed by atoms with Crippen LogP contribution in [-0.2, 0) is 13.0 Å². The first-order valence-corrected chi connectivity index (χ1v) is 10.5. The van der Waals surface area contributed by atoms with Crippen LogP contribution < -0.4 is 25.2 Å². The molecule has 0 saturated carbocycles. The van der Waals surface area contributed by atoms with E-state index in [0.29, 0.717) is 47.9 Å². The van der Waals surface area contributed by atoms with Gasteiger partial charge in [0.15, 0.2) is 11.5 Å². The molecule has 4 heterocycles. The number of aromatic nitrogens is 5. The molecule has 10 nitrogen and oxygen atoms in total. The van der Waals surface area contributed by atoms with Crippen LogP contribution in [0.3, 0.4) is 0 Å². The lowest BCUT2D eigenvalue weighted by atomic mass is 10.1. The molecule has 0 spiro atoms. The Morgan fingerprint density at radius 3 is 2.70 bits per heavy atom. The normalized spacial score (nSPS) is 13.0. The van der Waals surface area contributed by atoms with E-state index in [1.165, 1.54) is 13.4 Å². The summed E-state index contributed by atoms with van der Waals surface area (Å²) in [4.78, 5) is 35.8. The molecule has 2 N–H and O–H groups in total. The Hall–Kier alpha value is -4.21. The van der Waals surface area contributed by atoms with Crippen LogP contribution in [0.1, 0.15) is 17.0 Å². The van der Waals surface area contributed by atoms with Gasteiger partial charge in [0.2, 0.25) is 5.95 Å². The smallest absolute Gasteiger partial charge is 0.260 e. The van der Waals surface area contributed by atoms with Crippen LogP contribution in [0.15, 0.2) is 41.5 Å². The topological polar surface area (TPSA) is 118 Å². The van der Waals surface area contributed by atoms with Crippen LogP contribution in [0.25, 0.3) is 10.9 Å². The van der Waals surface area contributed by atoms with Crippen LogP contribution in [-0.4, -0.2) is 45.7 Å². The maximum absolute atomic E-state index is 12.8. The van der Waals surface area contributed by atoms with Crippen molar-refractivity contribution in [3.05, 3.63) is 64.0 Å². The van der Waals surface area contributed by atoms with E-state index in [2.05, 4.69) is 30.2 Å². The first kappa shape index (κ1) is 20.7. The van der Waals surface area contributed by atoms with Crippen molar-refractivity contribution in [2.45, 2.75) is 19.9 Å². The molecular weight excluding hydrogens is 422 g/mol. The van der Waals surface area contributed by atoms with E-state index >= 15 is 0 Å². The third-order valence-corrected chi connectivity index (χ3v) is 5.64. The Labute approximate surface area is 189 Å². The van der Waals surface area contributed by atoms with Crippen molar-refractivity contribution in [1.29, 1.82) is 0 Å². The van der Waals surface area contributed by atoms with Gasteiger partial charge in [-0.2, -0.15) is 0 Å². The van der Waals surface area contributed by atoms with Gasteiger partial charge in [0, 0.05) is 23.9 Å². The lowest BCUT2D eigenvalue weighted by molar-refractivity contribution is 0.355. The van der Waals surface area contributed by atoms with Gasteiger partial charge >= 0.3 is 0 Å². The number of nitrogens with one attached hydrogen (secondary N) is 2. The summed E-state index contributed by atoms with van der Waals surface area (Å²) in [6, 6.07) is 9.15. The van der Waals surface area contributed by atoms with E-state index in [0.717, 1.165) is 28.6 Å². The summed E-state index contributed by atoms with van der Waals surface area (Å²) in [5.74, 6) is 2.97. The first-order valence-electron chi connectivity index (χ1n) is 10.5. The van der Waals surface area contributed by atoms with Gasteiger partial charge in [-0.25, -0.2) is 19.9 Å². The Morgan fingerprint density at radius 2 is 1.91 bits per heavy atom. The summed E-state index contributed by atoms with van der Waals surface area (Å²) in [7, 11) is 3.09. The van der Waals surface area contributed by atoms with Crippen LogP contribution in [0, 0.1) is 6.92 Å². The van der Waals surface area contributed by atoms with Gasteiger partial charge in [0.25, 0.3) is 5.56 Å². The Balaban J connectivity index is 1.46. The number of hydrogen-bond donors (Lipinski definition) is 2. The first-order chi connectivity index (χ1) is 16.1. The molecule has 0 aliphatic carbocycles. The number of pyridine rings is 1. The van der Waals surface area contributed by atoms with Crippen molar-refractivity contribution < 1.29 is 9.47 Å². The minimum atomic E-state index is -0.239. The SMILES string of the molecule is COc1cc2nc(N3CCc4c(ncnc4Nc4cccc(C)n4)C3)[nH]c(=O)c2cc1OC. The highest BCUT2D eigenvalue weighted by Gasteiger charge is 2.23. The molecule has 33 heavy (non-hydrogen) atoms. The van der Waals surface area contributed by atoms with Gasteiger partial charge in [-0.05, 0) is 31.5 Å². The van der Waals surface area contributed by atoms with E-state index in [9.17, 15) is 4.79 Å². The summed E-state index contributed by atoms with van der Waals surface area (Å²) in [6.07, 6.45) is 2.23. The molecule has 4 aromatic rings. The predicted octanol–water partition coefficient (Wildman–Crippen LogP) is 2.74. The van der Waals surface area contributed by atoms with Crippen molar-refractivity contribution >= 4 is 28.5 Å². The molecule has 1 aromatic carbocycles. The quantitative estimate of drug-likeness (QED) is 0.478. The molecule has 10 heteroatoms. The molecular formula is C23H23N7O3. The lowest BCUT2D eigenvalue weighted by Crippen LogP contribution is -2.34. The minimum Gasteiger partial charge on any atom is -0.493 e. The molecule has 0 unspecified atom stereocenters. The number of hydrogen-bond acceptors (Lipinski definition) is 9. The fourth-order valence-electron chi connectivity index (χ4n) is 3.98. The number of methoxy groups -OCH3 is 2. The largest absolute Gasteiger partial charge is 0.493 e. The van der Waals surface area contributed by atoms with Crippen LogP contribution in [0.5, 0.6) is 11.5 Å². The molecule has 0 saturated heterocycles. The summed E-state index contributed by atoms with van der Waals surface area (Å²) >= 11 is 0. The van der Waals surface area contributed by atoms with Gasteiger partial charge in [-0.3, -0.25) is 9.78 Å². The van der Waals surface area contributed by atoms with Gasteiger partial charge in [0.1, 0.15) is 18.0 Å². The third kappa shape index (κ3) is 3.91. The number of ether oxygens (including phenoxy) is 2. The monoisotopic (exact) mass is 445 g/mol. The summed E-state index contributed by atoms with van der Waals surface area (Å²) < 4.78 is 10.7. The van der Waals surface area contributed by atoms with Crippen molar-refractivity contribution in [2.75, 3.05) is 31.0 Å². The van der Waals surface area contributed by atoms with Crippen molar-refractivity contribution in [1.82, 2.24) is 24.9 Å². The number of benzene rings is 1. The molecule has 0 radical (unpaired) electrons. The van der Waals surface area contributed by atoms with Crippen molar-refractivity contribution in [3.63, 3.8) is 0 Å². The second-order valence-electron chi connectivity index (χ2n) is 7.72. The van der Waals surface area contributed by atoms with Crippen molar-refractivity contribution in [3.8, 4) is 11.5 Å². The van der Waals surface area contributed by atoms with E-state index in [-0.39, 0.29) is 5.56 Å². The van der Waals surface area contributed by atoms with E-state index in [4.69, 9.17) is 9.47 Å². The van der Waals surface area contributed by atoms with Crippen LogP contribution >= 0.6 is 0 Å². The van der Waals surface area contributed by atoms with Crippen LogP contribution in [0.4, 0.5) is 17.6 Å². The standard InChI is InChI=1S/C23H23N7O3/c1-13-5-4-6-20(26-13)28-21-14-7-8-30(11-17(14)24-12-25-21)23-27-16-10-19(33-3)18(32-2)9-15(16)22(31)29-23/h4-6,9-10,12H,7-8,11H2,1-3H3,(H,27,29,31)(H,24,25,26,28). The Kier molecular flexibility index (Phi) is 5.25. The number of H-pyrrole nitrogens is 1. The maximum atomic E-state index is 12.8. The summed E-state index contributed by atoms with van der Waals surface area (Å²) in [5.41, 5.74) is 3.13. The number of rotatable bonds is 5. The molecule has 0 atom stereocenters. The molecule has 0 fully saturated rings. The number of anilines is 3. The van der Waals surface area contributed by atoms with E-state index in [1.807, 2.05) is 30.0 Å². The Bertz CT molecular complexity index is 1400. The average molecular weight is 445 g/mol. The van der Waals surface area contributed by atoms with Gasteiger partial charge in [0.05, 0.1) is 37.4 Å². The molecule has 0 bridgehead atoms. The zero-order valence-electron chi connectivity index (χ0n) is 18.5. The molecule has 0 amide bonds. The minimum absolute atomic E-state index is 0.239. The average Bonchev–Trinajstić information content (AvgIpc) is 2.83. The van der Waals surface area contributed by atoms with Gasteiger partial charge < -0.3 is 19.7 Å². The van der Waals surface area contributed by atoms with E-state index in [1.54, 1.807) is 19.2 Å². The molecule has 1 aliphatic rings. The van der Waals surface area contributed by atoms with Crippen LogP contribution in [0.2, 0.25) is 0 Å². The molecule has 3 aromatic heterocycles. The zero-order valence-corrected chi connectivity index (χ0v) is 18.5. The lowest BCUT2D eigenvalue weighted by Gasteiger charge is -2.29. The molecule has 5 rings (SSSR count). The number of nitrogens with zero attached hydrogens (tertiary/aromatic N) is 5. The fraction of sp³-hybridized carbons (Fsp3) is 0.261. The molecule has 1 aliphatic heterocycles. The van der Waals surface area contributed by atoms with Gasteiger partial charge in [-0.15, -0.1) is 0 Å². The number of fused-ring (bicyclic) bond motifs is 2. The summed E-state index contributed by atoms with van der Waals surface area (Å²) in [6.45, 7) is 3.09. The van der Waals surface area contributed by atoms with Crippen molar-refractivity contribution in [2.24, 2.45) is 0 Å². The van der Waals surface area contributed by atoms with E-state index < -0.39 is 0 Å². The zero-order chi connectivity index (χ0) is 22.9. The third-order valence-electron chi connectivity index (χ3n) is 5.64. The van der Waals surface area contributed by atoms with Gasteiger partial charge in [-0.1, -0.05) is 6.07 Å². The maximum Gasteiger partial charge on any atom is 0.260 e. The molecule has 168 valence electrons. The number of aryl methyl sites for hydroxylation is 1. The Morgan fingerprint density at radius 1 is 1.09 bits per heavy atom. The second-order valence-corrected chi connectivity index (χ2v) is 7.72. The highest BCUT2D eigenvalue weighted by molar-refractivity contribution is 5.82. The summed E-state index contributed by atoms with van der Waals surface area (Å²) in [5, 5.41) is 3.74. The second kappa shape index (κ2) is 8.38.